The number of hydrogen-bond donors (Lipinski definition) is 1. The molecule has 0 aliphatic heterocycles. The largest absolute Gasteiger partial charge is 0.490 e. The summed E-state index contributed by atoms with van der Waals surface area (Å²) in [5.74, 6) is 2.71. The van der Waals surface area contributed by atoms with E-state index >= 15 is 0 Å². The summed E-state index contributed by atoms with van der Waals surface area (Å²) in [6.07, 6.45) is 2.77. The van der Waals surface area contributed by atoms with E-state index in [1.54, 1.807) is 6.08 Å². The minimum Gasteiger partial charge on any atom is -0.490 e. The summed E-state index contributed by atoms with van der Waals surface area (Å²) >= 11 is 0. The Morgan fingerprint density at radius 2 is 1.90 bits per heavy atom. The molecule has 0 heterocycles. The van der Waals surface area contributed by atoms with E-state index < -0.39 is 0 Å². The van der Waals surface area contributed by atoms with Crippen molar-refractivity contribution in [1.82, 2.24) is 0 Å². The van der Waals surface area contributed by atoms with Gasteiger partial charge in [-0.3, -0.25) is 0 Å². The Balaban J connectivity index is 2.91. The van der Waals surface area contributed by atoms with Crippen molar-refractivity contribution in [1.29, 1.82) is 0 Å². The third-order valence-corrected chi connectivity index (χ3v) is 4.19. The molecular formula is C19H30O2. The van der Waals surface area contributed by atoms with E-state index in [1.807, 2.05) is 12.1 Å². The summed E-state index contributed by atoms with van der Waals surface area (Å²) in [5, 5.41) is 9.61. The Kier molecular flexibility index (Phi) is 7.52. The van der Waals surface area contributed by atoms with E-state index in [0.29, 0.717) is 30.3 Å². The molecule has 0 saturated heterocycles. The van der Waals surface area contributed by atoms with Crippen molar-refractivity contribution < 1.29 is 9.84 Å². The molecule has 2 heteroatoms. The second-order valence-electron chi connectivity index (χ2n) is 6.45. The molecule has 0 bridgehead atoms. The van der Waals surface area contributed by atoms with Gasteiger partial charge in [0, 0.05) is 6.61 Å². The number of hydrogen-bond acceptors (Lipinski definition) is 2. The van der Waals surface area contributed by atoms with Gasteiger partial charge in [0.25, 0.3) is 0 Å². The molecular weight excluding hydrogens is 260 g/mol. The Hall–Kier alpha value is -1.28. The summed E-state index contributed by atoms with van der Waals surface area (Å²) in [4.78, 5) is 0. The van der Waals surface area contributed by atoms with Gasteiger partial charge in [-0.05, 0) is 47.8 Å². The maximum absolute atomic E-state index is 9.61. The number of rotatable bonds is 9. The van der Waals surface area contributed by atoms with E-state index in [9.17, 15) is 5.11 Å². The van der Waals surface area contributed by atoms with Gasteiger partial charge in [-0.2, -0.15) is 0 Å². The van der Waals surface area contributed by atoms with E-state index in [-0.39, 0.29) is 6.61 Å². The first-order valence-electron chi connectivity index (χ1n) is 7.94. The Labute approximate surface area is 129 Å². The third kappa shape index (κ3) is 5.55. The first-order valence-corrected chi connectivity index (χ1v) is 7.94. The van der Waals surface area contributed by atoms with Gasteiger partial charge in [0.2, 0.25) is 0 Å². The lowest BCUT2D eigenvalue weighted by molar-refractivity contribution is 0.166. The number of benzene rings is 1. The van der Waals surface area contributed by atoms with Crippen LogP contribution in [0.15, 0.2) is 36.9 Å². The fourth-order valence-corrected chi connectivity index (χ4v) is 2.67. The molecule has 1 rings (SSSR count). The maximum atomic E-state index is 9.61. The summed E-state index contributed by atoms with van der Waals surface area (Å²) in [6, 6.07) is 8.33. The van der Waals surface area contributed by atoms with E-state index in [2.05, 4.69) is 46.4 Å². The second-order valence-corrected chi connectivity index (χ2v) is 6.45. The molecule has 0 unspecified atom stereocenters. The Morgan fingerprint density at radius 3 is 2.43 bits per heavy atom. The van der Waals surface area contributed by atoms with E-state index in [0.717, 1.165) is 12.2 Å². The first kappa shape index (κ1) is 17.8. The lowest BCUT2D eigenvalue weighted by Crippen LogP contribution is -2.20. The lowest BCUT2D eigenvalue weighted by atomic mass is 9.78. The zero-order valence-electron chi connectivity index (χ0n) is 13.9. The Bertz CT molecular complexity index is 423. The molecule has 0 fully saturated rings. The molecule has 21 heavy (non-hydrogen) atoms. The normalized spacial score (nSPS) is 14.2. The van der Waals surface area contributed by atoms with E-state index in [1.165, 1.54) is 5.56 Å². The summed E-state index contributed by atoms with van der Waals surface area (Å²) < 4.78 is 5.64. The fraction of sp³-hybridized carbons (Fsp3) is 0.579. The first-order chi connectivity index (χ1) is 9.99. The maximum Gasteiger partial charge on any atom is 0.120 e. The molecule has 0 aliphatic rings. The minimum absolute atomic E-state index is 0.257. The highest BCUT2D eigenvalue weighted by Gasteiger charge is 2.23. The molecule has 0 radical (unpaired) electrons. The molecule has 2 atom stereocenters. The molecule has 0 amide bonds. The van der Waals surface area contributed by atoms with Crippen LogP contribution in [0.1, 0.15) is 45.6 Å². The smallest absolute Gasteiger partial charge is 0.120 e. The van der Waals surface area contributed by atoms with Gasteiger partial charge in [0.1, 0.15) is 12.4 Å². The molecule has 2 nitrogen and oxygen atoms in total. The van der Waals surface area contributed by atoms with Crippen LogP contribution in [-0.2, 0) is 0 Å². The number of aliphatic hydroxyl groups excluding tert-OH is 1. The van der Waals surface area contributed by atoms with Crippen LogP contribution < -0.4 is 4.74 Å². The second kappa shape index (κ2) is 8.89. The molecule has 0 saturated carbocycles. The SMILES string of the molecule is C=CCOc1cccc([C@H](C[C@@H](CO)C(C)C)C(C)C)c1. The van der Waals surface area contributed by atoms with Crippen LogP contribution in [0.3, 0.4) is 0 Å². The van der Waals surface area contributed by atoms with Crippen LogP contribution in [0.5, 0.6) is 5.75 Å². The summed E-state index contributed by atoms with van der Waals surface area (Å²) in [5.41, 5.74) is 1.30. The monoisotopic (exact) mass is 290 g/mol. The molecule has 1 aromatic rings. The quantitative estimate of drug-likeness (QED) is 0.671. The van der Waals surface area contributed by atoms with Crippen LogP contribution in [-0.4, -0.2) is 18.3 Å². The van der Waals surface area contributed by atoms with Gasteiger partial charge in [-0.15, -0.1) is 0 Å². The van der Waals surface area contributed by atoms with Crippen molar-refractivity contribution in [3.8, 4) is 5.75 Å². The van der Waals surface area contributed by atoms with Crippen molar-refractivity contribution in [2.45, 2.75) is 40.0 Å². The van der Waals surface area contributed by atoms with Gasteiger partial charge < -0.3 is 9.84 Å². The molecule has 118 valence electrons. The molecule has 0 spiro atoms. The Morgan fingerprint density at radius 1 is 1.19 bits per heavy atom. The van der Waals surface area contributed by atoms with Gasteiger partial charge >= 0.3 is 0 Å². The van der Waals surface area contributed by atoms with Crippen molar-refractivity contribution >= 4 is 0 Å². The number of ether oxygens (including phenoxy) is 1. The van der Waals surface area contributed by atoms with Gasteiger partial charge in [0.05, 0.1) is 0 Å². The van der Waals surface area contributed by atoms with Crippen LogP contribution in [0.25, 0.3) is 0 Å². The highest BCUT2D eigenvalue weighted by Crippen LogP contribution is 2.34. The molecule has 1 aromatic carbocycles. The fourth-order valence-electron chi connectivity index (χ4n) is 2.67. The topological polar surface area (TPSA) is 29.5 Å². The third-order valence-electron chi connectivity index (χ3n) is 4.19. The standard InChI is InChI=1S/C19H30O2/c1-6-10-21-18-9-7-8-16(11-18)19(15(4)5)12-17(13-20)14(2)3/h6-9,11,14-15,17,19-20H,1,10,12-13H2,2-5H3/t17-,19+/m0/s1. The van der Waals surface area contributed by atoms with Crippen LogP contribution in [0.4, 0.5) is 0 Å². The van der Waals surface area contributed by atoms with Gasteiger partial charge in [-0.25, -0.2) is 0 Å². The van der Waals surface area contributed by atoms with Crippen LogP contribution in [0.2, 0.25) is 0 Å². The van der Waals surface area contributed by atoms with Gasteiger partial charge in [-0.1, -0.05) is 52.5 Å². The predicted octanol–water partition coefficient (Wildman–Crippen LogP) is 4.65. The molecule has 0 aliphatic carbocycles. The van der Waals surface area contributed by atoms with Crippen molar-refractivity contribution in [3.05, 3.63) is 42.5 Å². The summed E-state index contributed by atoms with van der Waals surface area (Å²) in [7, 11) is 0. The van der Waals surface area contributed by atoms with Crippen molar-refractivity contribution in [2.75, 3.05) is 13.2 Å². The zero-order valence-corrected chi connectivity index (χ0v) is 13.9. The molecule has 0 aromatic heterocycles. The van der Waals surface area contributed by atoms with E-state index in [4.69, 9.17) is 4.74 Å². The highest BCUT2D eigenvalue weighted by molar-refractivity contribution is 5.31. The molecule has 1 N–H and O–H groups in total. The average molecular weight is 290 g/mol. The zero-order chi connectivity index (χ0) is 15.8. The predicted molar refractivity (Wildman–Crippen MR) is 89.7 cm³/mol. The van der Waals surface area contributed by atoms with Crippen LogP contribution >= 0.6 is 0 Å². The van der Waals surface area contributed by atoms with Gasteiger partial charge in [0.15, 0.2) is 0 Å². The lowest BCUT2D eigenvalue weighted by Gasteiger charge is -2.28. The number of aliphatic hydroxyl groups is 1. The minimum atomic E-state index is 0.257. The highest BCUT2D eigenvalue weighted by atomic mass is 16.5. The summed E-state index contributed by atoms with van der Waals surface area (Å²) in [6.45, 7) is 13.3. The van der Waals surface area contributed by atoms with Crippen molar-refractivity contribution in [2.24, 2.45) is 17.8 Å². The average Bonchev–Trinajstić information content (AvgIpc) is 2.45. The van der Waals surface area contributed by atoms with Crippen molar-refractivity contribution in [3.63, 3.8) is 0 Å². The van der Waals surface area contributed by atoms with Crippen LogP contribution in [0, 0.1) is 17.8 Å².